The van der Waals surface area contributed by atoms with Gasteiger partial charge in [0.2, 0.25) is 0 Å². The molecule has 0 aliphatic heterocycles. The summed E-state index contributed by atoms with van der Waals surface area (Å²) in [4.78, 5) is 14.6. The molecule has 1 aliphatic rings. The number of nitrogens with zero attached hydrogens (tertiary/aromatic N) is 1. The predicted molar refractivity (Wildman–Crippen MR) is 80.7 cm³/mol. The van der Waals surface area contributed by atoms with Crippen LogP contribution in [0.3, 0.4) is 0 Å². The molecule has 1 aromatic heterocycles. The second kappa shape index (κ2) is 5.64. The van der Waals surface area contributed by atoms with Crippen molar-refractivity contribution in [1.82, 2.24) is 0 Å². The molecule has 0 spiro atoms. The number of carbonyl (C=O) groups excluding carboxylic acids is 1. The van der Waals surface area contributed by atoms with Crippen LogP contribution in [0.1, 0.15) is 30.3 Å². The summed E-state index contributed by atoms with van der Waals surface area (Å²) >= 11 is 0. The van der Waals surface area contributed by atoms with E-state index >= 15 is 0 Å². The molecule has 1 aromatic carbocycles. The Hall–Kier alpha value is -2.23. The van der Waals surface area contributed by atoms with Crippen LogP contribution < -0.4 is 9.64 Å². The number of anilines is 1. The van der Waals surface area contributed by atoms with Crippen LogP contribution in [0.25, 0.3) is 0 Å². The zero-order valence-electron chi connectivity index (χ0n) is 12.3. The summed E-state index contributed by atoms with van der Waals surface area (Å²) in [5.74, 6) is 1.64. The summed E-state index contributed by atoms with van der Waals surface area (Å²) in [6, 6.07) is 11.2. The van der Waals surface area contributed by atoms with E-state index in [1.807, 2.05) is 29.2 Å². The number of ether oxygens (including phenoxy) is 1. The molecule has 1 saturated carbocycles. The quantitative estimate of drug-likeness (QED) is 0.840. The Morgan fingerprint density at radius 3 is 2.52 bits per heavy atom. The second-order valence-electron chi connectivity index (χ2n) is 5.43. The molecule has 1 atom stereocenters. The summed E-state index contributed by atoms with van der Waals surface area (Å²) in [6.45, 7) is 2.10. The Kier molecular flexibility index (Phi) is 3.69. The number of benzene rings is 1. The van der Waals surface area contributed by atoms with Crippen LogP contribution >= 0.6 is 0 Å². The summed E-state index contributed by atoms with van der Waals surface area (Å²) in [6.07, 6.45) is 3.89. The highest BCUT2D eigenvalue weighted by atomic mass is 16.5. The minimum Gasteiger partial charge on any atom is -0.497 e. The molecule has 0 saturated heterocycles. The van der Waals surface area contributed by atoms with Crippen molar-refractivity contribution in [2.75, 3.05) is 12.0 Å². The lowest BCUT2D eigenvalue weighted by Crippen LogP contribution is -2.40. The third-order valence-electron chi connectivity index (χ3n) is 4.01. The molecule has 1 unspecified atom stereocenters. The largest absolute Gasteiger partial charge is 0.497 e. The predicted octanol–water partition coefficient (Wildman–Crippen LogP) is 3.73. The zero-order chi connectivity index (χ0) is 14.8. The van der Waals surface area contributed by atoms with Crippen LogP contribution in [0.4, 0.5) is 5.69 Å². The van der Waals surface area contributed by atoms with E-state index in [-0.39, 0.29) is 11.9 Å². The molecule has 2 aromatic rings. The average molecular weight is 285 g/mol. The van der Waals surface area contributed by atoms with Crippen molar-refractivity contribution < 1.29 is 13.9 Å². The maximum Gasteiger partial charge on any atom is 0.294 e. The van der Waals surface area contributed by atoms with Crippen molar-refractivity contribution in [2.24, 2.45) is 5.92 Å². The fraction of sp³-hybridized carbons (Fsp3) is 0.353. The van der Waals surface area contributed by atoms with Crippen LogP contribution in [-0.2, 0) is 0 Å². The minimum absolute atomic E-state index is 0.0930. The molecule has 0 bridgehead atoms. The highest BCUT2D eigenvalue weighted by Gasteiger charge is 2.36. The molecule has 0 radical (unpaired) electrons. The molecule has 4 heteroatoms. The first-order chi connectivity index (χ1) is 10.2. The van der Waals surface area contributed by atoms with Crippen molar-refractivity contribution in [2.45, 2.75) is 25.8 Å². The molecule has 3 rings (SSSR count). The van der Waals surface area contributed by atoms with E-state index in [0.29, 0.717) is 11.7 Å². The smallest absolute Gasteiger partial charge is 0.294 e. The molecule has 1 aliphatic carbocycles. The maximum absolute atomic E-state index is 12.7. The average Bonchev–Trinajstić information content (AvgIpc) is 3.22. The van der Waals surface area contributed by atoms with Gasteiger partial charge in [-0.1, -0.05) is 0 Å². The number of methoxy groups -OCH3 is 1. The Morgan fingerprint density at radius 1 is 1.29 bits per heavy atom. The van der Waals surface area contributed by atoms with E-state index < -0.39 is 0 Å². The third-order valence-corrected chi connectivity index (χ3v) is 4.01. The van der Waals surface area contributed by atoms with Crippen LogP contribution in [0.2, 0.25) is 0 Å². The molecule has 0 N–H and O–H groups in total. The summed E-state index contributed by atoms with van der Waals surface area (Å²) in [5.41, 5.74) is 0.872. The molecular formula is C17H19NO3. The van der Waals surface area contributed by atoms with E-state index in [1.165, 1.54) is 19.1 Å². The van der Waals surface area contributed by atoms with Crippen molar-refractivity contribution in [1.29, 1.82) is 0 Å². The van der Waals surface area contributed by atoms with Crippen LogP contribution in [0.5, 0.6) is 5.75 Å². The van der Waals surface area contributed by atoms with Gasteiger partial charge in [0.15, 0.2) is 5.76 Å². The Labute approximate surface area is 124 Å². The number of rotatable bonds is 5. The van der Waals surface area contributed by atoms with Crippen molar-refractivity contribution >= 4 is 11.6 Å². The zero-order valence-corrected chi connectivity index (χ0v) is 12.3. The summed E-state index contributed by atoms with van der Waals surface area (Å²) < 4.78 is 10.5. The molecule has 4 nitrogen and oxygen atoms in total. The van der Waals surface area contributed by atoms with Crippen LogP contribution in [-0.4, -0.2) is 19.1 Å². The van der Waals surface area contributed by atoms with Gasteiger partial charge in [0, 0.05) is 11.7 Å². The first-order valence-corrected chi connectivity index (χ1v) is 7.22. The number of amides is 1. The minimum atomic E-state index is -0.0930. The topological polar surface area (TPSA) is 42.7 Å². The second-order valence-corrected chi connectivity index (χ2v) is 5.43. The lowest BCUT2D eigenvalue weighted by atomic mass is 10.1. The highest BCUT2D eigenvalue weighted by Crippen LogP contribution is 2.37. The number of carbonyl (C=O) groups is 1. The van der Waals surface area contributed by atoms with E-state index in [0.717, 1.165) is 11.4 Å². The first-order valence-electron chi connectivity index (χ1n) is 7.22. The highest BCUT2D eigenvalue weighted by molar-refractivity contribution is 6.04. The van der Waals surface area contributed by atoms with Gasteiger partial charge in [-0.2, -0.15) is 0 Å². The Balaban J connectivity index is 1.92. The summed E-state index contributed by atoms with van der Waals surface area (Å²) in [7, 11) is 1.63. The molecule has 21 heavy (non-hydrogen) atoms. The fourth-order valence-corrected chi connectivity index (χ4v) is 2.59. The van der Waals surface area contributed by atoms with Crippen molar-refractivity contribution in [3.63, 3.8) is 0 Å². The Bertz CT molecular complexity index is 599. The van der Waals surface area contributed by atoms with Gasteiger partial charge >= 0.3 is 0 Å². The van der Waals surface area contributed by atoms with Gasteiger partial charge in [0.1, 0.15) is 5.75 Å². The van der Waals surface area contributed by atoms with Gasteiger partial charge in [-0.3, -0.25) is 4.79 Å². The van der Waals surface area contributed by atoms with E-state index in [1.54, 1.807) is 19.2 Å². The normalized spacial score (nSPS) is 15.5. The van der Waals surface area contributed by atoms with E-state index in [4.69, 9.17) is 9.15 Å². The fourth-order valence-electron chi connectivity index (χ4n) is 2.59. The summed E-state index contributed by atoms with van der Waals surface area (Å²) in [5, 5.41) is 0. The molecule has 110 valence electrons. The first kappa shape index (κ1) is 13.7. The van der Waals surface area contributed by atoms with Crippen LogP contribution in [0, 0.1) is 5.92 Å². The molecule has 1 heterocycles. The van der Waals surface area contributed by atoms with Gasteiger partial charge < -0.3 is 14.1 Å². The number of furan rings is 1. The lowest BCUT2D eigenvalue weighted by Gasteiger charge is -2.29. The molecular weight excluding hydrogens is 266 g/mol. The maximum atomic E-state index is 12.7. The van der Waals surface area contributed by atoms with Gasteiger partial charge in [0.05, 0.1) is 13.4 Å². The molecule has 1 fully saturated rings. The number of hydrogen-bond acceptors (Lipinski definition) is 3. The van der Waals surface area contributed by atoms with E-state index in [9.17, 15) is 4.79 Å². The molecule has 1 amide bonds. The van der Waals surface area contributed by atoms with Gasteiger partial charge in [-0.25, -0.2) is 0 Å². The Morgan fingerprint density at radius 2 is 2.00 bits per heavy atom. The lowest BCUT2D eigenvalue weighted by molar-refractivity contribution is 0.0948. The van der Waals surface area contributed by atoms with E-state index in [2.05, 4.69) is 6.92 Å². The van der Waals surface area contributed by atoms with Crippen molar-refractivity contribution in [3.8, 4) is 5.75 Å². The van der Waals surface area contributed by atoms with Crippen LogP contribution in [0.15, 0.2) is 47.1 Å². The van der Waals surface area contributed by atoms with Gasteiger partial charge in [-0.15, -0.1) is 0 Å². The monoisotopic (exact) mass is 285 g/mol. The third kappa shape index (κ3) is 2.79. The number of hydrogen-bond donors (Lipinski definition) is 0. The SMILES string of the molecule is COc1ccc(N(C(=O)c2ccco2)C(C)C2CC2)cc1. The van der Waals surface area contributed by atoms with Gasteiger partial charge in [-0.05, 0) is 62.1 Å². The standard InChI is InChI=1S/C17H19NO3/c1-12(13-5-6-13)18(17(19)16-4-3-11-21-16)14-7-9-15(20-2)10-8-14/h3-4,7-13H,5-6H2,1-2H3. The van der Waals surface area contributed by atoms with Crippen molar-refractivity contribution in [3.05, 3.63) is 48.4 Å². The van der Waals surface area contributed by atoms with Gasteiger partial charge in [0.25, 0.3) is 5.91 Å².